The summed E-state index contributed by atoms with van der Waals surface area (Å²) >= 11 is 3.48. The molecule has 1 aromatic rings. The highest BCUT2D eigenvalue weighted by Crippen LogP contribution is 2.24. The van der Waals surface area contributed by atoms with Crippen LogP contribution in [0, 0.1) is 0 Å². The molecule has 1 aliphatic heterocycles. The minimum atomic E-state index is 1.11. The summed E-state index contributed by atoms with van der Waals surface area (Å²) in [5.74, 6) is 0. The third-order valence-corrected chi connectivity index (χ3v) is 2.75. The lowest BCUT2D eigenvalue weighted by molar-refractivity contribution is 0.785. The number of fused-ring (bicyclic) bond motifs is 1. The van der Waals surface area contributed by atoms with Crippen molar-refractivity contribution in [2.24, 2.45) is 0 Å². The van der Waals surface area contributed by atoms with Crippen molar-refractivity contribution in [2.75, 3.05) is 11.9 Å². The van der Waals surface area contributed by atoms with Crippen LogP contribution in [0.5, 0.6) is 0 Å². The zero-order chi connectivity index (χ0) is 10.4. The number of nitrogens with one attached hydrogen (secondary N) is 1. The first kappa shape index (κ1) is 11.6. The molecule has 1 aliphatic rings. The van der Waals surface area contributed by atoms with Gasteiger partial charge >= 0.3 is 0 Å². The molecule has 0 saturated carbocycles. The molecular weight excluding hydrogens is 238 g/mol. The zero-order valence-corrected chi connectivity index (χ0v) is 10.5. The molecular formula is C12H18BrN. The van der Waals surface area contributed by atoms with Crippen molar-refractivity contribution in [3.63, 3.8) is 0 Å². The molecule has 0 saturated heterocycles. The first-order chi connectivity index (χ1) is 6.86. The van der Waals surface area contributed by atoms with Crippen molar-refractivity contribution in [1.82, 2.24) is 0 Å². The Kier molecular flexibility index (Phi) is 5.02. The van der Waals surface area contributed by atoms with Gasteiger partial charge in [-0.2, -0.15) is 0 Å². The minimum absolute atomic E-state index is 1.11. The predicted octanol–water partition coefficient (Wildman–Crippen LogP) is 4.22. The Morgan fingerprint density at radius 3 is 2.79 bits per heavy atom. The topological polar surface area (TPSA) is 12.0 Å². The van der Waals surface area contributed by atoms with E-state index in [2.05, 4.69) is 39.4 Å². The summed E-state index contributed by atoms with van der Waals surface area (Å²) in [6.07, 6.45) is 3.81. The Morgan fingerprint density at radius 2 is 2.00 bits per heavy atom. The summed E-state index contributed by atoms with van der Waals surface area (Å²) in [6.45, 7) is 5.11. The first-order valence-electron chi connectivity index (χ1n) is 5.38. The highest BCUT2D eigenvalue weighted by Gasteiger charge is 2.06. The Labute approximate surface area is 95.0 Å². The molecule has 0 fully saturated rings. The molecule has 1 N–H and O–H groups in total. The van der Waals surface area contributed by atoms with E-state index in [0.29, 0.717) is 0 Å². The molecule has 14 heavy (non-hydrogen) atoms. The predicted molar refractivity (Wildman–Crippen MR) is 66.9 cm³/mol. The largest absolute Gasteiger partial charge is 0.385 e. The molecule has 78 valence electrons. The lowest BCUT2D eigenvalue weighted by Gasteiger charge is -2.06. The van der Waals surface area contributed by atoms with Crippen molar-refractivity contribution >= 4 is 21.6 Å². The Bertz CT molecular complexity index is 284. The van der Waals surface area contributed by atoms with Crippen LogP contribution in [0.25, 0.3) is 0 Å². The van der Waals surface area contributed by atoms with Gasteiger partial charge in [-0.05, 0) is 37.0 Å². The van der Waals surface area contributed by atoms with Crippen LogP contribution < -0.4 is 5.32 Å². The fourth-order valence-electron chi connectivity index (χ4n) is 1.59. The van der Waals surface area contributed by atoms with E-state index in [-0.39, 0.29) is 0 Å². The number of benzene rings is 1. The SMILES string of the molecule is Brc1ccc2c(c1)NCCCC2.CC. The Balaban J connectivity index is 0.000000461. The Morgan fingerprint density at radius 1 is 1.21 bits per heavy atom. The van der Waals surface area contributed by atoms with Crippen molar-refractivity contribution < 1.29 is 0 Å². The maximum absolute atomic E-state index is 3.48. The number of aryl methyl sites for hydroxylation is 1. The van der Waals surface area contributed by atoms with E-state index in [0.717, 1.165) is 11.0 Å². The fourth-order valence-corrected chi connectivity index (χ4v) is 1.96. The van der Waals surface area contributed by atoms with E-state index in [1.54, 1.807) is 0 Å². The second-order valence-corrected chi connectivity index (χ2v) is 4.10. The molecule has 0 unspecified atom stereocenters. The van der Waals surface area contributed by atoms with Crippen LogP contribution in [0.4, 0.5) is 5.69 Å². The monoisotopic (exact) mass is 255 g/mol. The number of halogens is 1. The highest BCUT2D eigenvalue weighted by molar-refractivity contribution is 9.10. The third-order valence-electron chi connectivity index (χ3n) is 2.26. The first-order valence-corrected chi connectivity index (χ1v) is 6.18. The molecule has 0 atom stereocenters. The molecule has 0 amide bonds. The molecule has 0 bridgehead atoms. The molecule has 0 radical (unpaired) electrons. The van der Waals surface area contributed by atoms with Gasteiger partial charge in [-0.25, -0.2) is 0 Å². The maximum Gasteiger partial charge on any atom is 0.0384 e. The summed E-state index contributed by atoms with van der Waals surface area (Å²) < 4.78 is 1.16. The second-order valence-electron chi connectivity index (χ2n) is 3.19. The fraction of sp³-hybridized carbons (Fsp3) is 0.500. The summed E-state index contributed by atoms with van der Waals surface area (Å²) in [4.78, 5) is 0. The average Bonchev–Trinajstić information content (AvgIpc) is 2.45. The normalized spacial score (nSPS) is 14.2. The third kappa shape index (κ3) is 3.02. The summed E-state index contributed by atoms with van der Waals surface area (Å²) in [6, 6.07) is 6.49. The lowest BCUT2D eigenvalue weighted by atomic mass is 10.1. The molecule has 1 aromatic carbocycles. The van der Waals surface area contributed by atoms with Crippen molar-refractivity contribution in [1.29, 1.82) is 0 Å². The van der Waals surface area contributed by atoms with Gasteiger partial charge < -0.3 is 5.32 Å². The van der Waals surface area contributed by atoms with Crippen LogP contribution in [0.2, 0.25) is 0 Å². The van der Waals surface area contributed by atoms with E-state index in [1.165, 1.54) is 30.5 Å². The summed E-state index contributed by atoms with van der Waals surface area (Å²) in [7, 11) is 0. The van der Waals surface area contributed by atoms with Crippen LogP contribution in [-0.4, -0.2) is 6.54 Å². The van der Waals surface area contributed by atoms with Gasteiger partial charge in [0.15, 0.2) is 0 Å². The van der Waals surface area contributed by atoms with Gasteiger partial charge in [-0.3, -0.25) is 0 Å². The molecule has 0 aromatic heterocycles. The van der Waals surface area contributed by atoms with Crippen LogP contribution >= 0.6 is 15.9 Å². The zero-order valence-electron chi connectivity index (χ0n) is 8.94. The average molecular weight is 256 g/mol. The van der Waals surface area contributed by atoms with Crippen LogP contribution in [0.3, 0.4) is 0 Å². The van der Waals surface area contributed by atoms with Gasteiger partial charge in [0, 0.05) is 16.7 Å². The molecule has 1 heterocycles. The van der Waals surface area contributed by atoms with Crippen LogP contribution in [0.15, 0.2) is 22.7 Å². The molecule has 1 nitrogen and oxygen atoms in total. The van der Waals surface area contributed by atoms with Gasteiger partial charge in [0.2, 0.25) is 0 Å². The van der Waals surface area contributed by atoms with Crippen molar-refractivity contribution in [3.05, 3.63) is 28.2 Å². The van der Waals surface area contributed by atoms with Gasteiger partial charge in [-0.15, -0.1) is 0 Å². The highest BCUT2D eigenvalue weighted by atomic mass is 79.9. The van der Waals surface area contributed by atoms with Crippen molar-refractivity contribution in [3.8, 4) is 0 Å². The van der Waals surface area contributed by atoms with Gasteiger partial charge in [0.1, 0.15) is 0 Å². The molecule has 2 heteroatoms. The van der Waals surface area contributed by atoms with E-state index >= 15 is 0 Å². The number of anilines is 1. The number of hydrogen-bond acceptors (Lipinski definition) is 1. The summed E-state index contributed by atoms with van der Waals surface area (Å²) in [5, 5.41) is 3.44. The van der Waals surface area contributed by atoms with Gasteiger partial charge in [0.05, 0.1) is 0 Å². The lowest BCUT2D eigenvalue weighted by Crippen LogP contribution is -1.98. The van der Waals surface area contributed by atoms with Crippen LogP contribution in [-0.2, 0) is 6.42 Å². The minimum Gasteiger partial charge on any atom is -0.385 e. The van der Waals surface area contributed by atoms with Crippen LogP contribution in [0.1, 0.15) is 32.3 Å². The van der Waals surface area contributed by atoms with Gasteiger partial charge in [-0.1, -0.05) is 35.8 Å². The summed E-state index contributed by atoms with van der Waals surface area (Å²) in [5.41, 5.74) is 2.76. The van der Waals surface area contributed by atoms with E-state index < -0.39 is 0 Å². The number of hydrogen-bond donors (Lipinski definition) is 1. The number of rotatable bonds is 0. The van der Waals surface area contributed by atoms with E-state index in [1.807, 2.05) is 13.8 Å². The smallest absolute Gasteiger partial charge is 0.0384 e. The van der Waals surface area contributed by atoms with Gasteiger partial charge in [0.25, 0.3) is 0 Å². The van der Waals surface area contributed by atoms with Crippen molar-refractivity contribution in [2.45, 2.75) is 33.1 Å². The maximum atomic E-state index is 3.48. The molecule has 0 spiro atoms. The molecule has 2 rings (SSSR count). The quantitative estimate of drug-likeness (QED) is 0.732. The standard InChI is InChI=1S/C10H12BrN.C2H6/c11-9-5-4-8-3-1-2-6-12-10(8)7-9;1-2/h4-5,7,12H,1-3,6H2;1-2H3. The second kappa shape index (κ2) is 6.07. The Hall–Kier alpha value is -0.500. The van der Waals surface area contributed by atoms with E-state index in [9.17, 15) is 0 Å². The molecule has 0 aliphatic carbocycles. The van der Waals surface area contributed by atoms with E-state index in [4.69, 9.17) is 0 Å².